The van der Waals surface area contributed by atoms with Gasteiger partial charge in [-0.25, -0.2) is 0 Å². The third kappa shape index (κ3) is 7.64. The van der Waals surface area contributed by atoms with Gasteiger partial charge < -0.3 is 16.0 Å². The second kappa shape index (κ2) is 14.2. The molecule has 9 heteroatoms. The van der Waals surface area contributed by atoms with Gasteiger partial charge in [-0.1, -0.05) is 61.5 Å². The molecule has 7 nitrogen and oxygen atoms in total. The average Bonchev–Trinajstić information content (AvgIpc) is 3.37. The number of thiophene rings is 1. The van der Waals surface area contributed by atoms with Crippen LogP contribution in [0.4, 0.5) is 10.7 Å². The van der Waals surface area contributed by atoms with Crippen LogP contribution in [0.2, 0.25) is 0 Å². The number of rotatable bonds is 9. The molecule has 0 aliphatic heterocycles. The van der Waals surface area contributed by atoms with Crippen LogP contribution in [-0.2, 0) is 22.4 Å². The van der Waals surface area contributed by atoms with Crippen molar-refractivity contribution < 1.29 is 14.4 Å². The molecule has 0 fully saturated rings. The quantitative estimate of drug-likeness (QED) is 0.135. The first-order valence-electron chi connectivity index (χ1n) is 14.4. The number of hydrogen-bond acceptors (Lipinski definition) is 6. The average molecular weight is 621 g/mol. The zero-order valence-corrected chi connectivity index (χ0v) is 26.1. The van der Waals surface area contributed by atoms with Crippen LogP contribution < -0.4 is 16.0 Å². The van der Waals surface area contributed by atoms with Gasteiger partial charge in [-0.15, -0.1) is 23.1 Å². The fourth-order valence-electron chi connectivity index (χ4n) is 4.93. The summed E-state index contributed by atoms with van der Waals surface area (Å²) >= 11 is 2.86. The molecule has 3 amide bonds. The van der Waals surface area contributed by atoms with Gasteiger partial charge in [0.25, 0.3) is 11.8 Å². The number of nitrogens with one attached hydrogen (secondary N) is 3. The fraction of sp³-hybridized carbons (Fsp3) is 0.200. The van der Waals surface area contributed by atoms with Gasteiger partial charge in [0.1, 0.15) is 16.8 Å². The molecule has 5 rings (SSSR count). The number of nitrogens with zero attached hydrogens (tertiary/aromatic N) is 1. The first-order chi connectivity index (χ1) is 21.3. The number of benzene rings is 3. The third-order valence-electron chi connectivity index (χ3n) is 7.27. The van der Waals surface area contributed by atoms with Crippen molar-refractivity contribution in [1.29, 1.82) is 5.26 Å². The number of hydrogen-bond donors (Lipinski definition) is 3. The summed E-state index contributed by atoms with van der Waals surface area (Å²) in [5.41, 5.74) is 3.48. The van der Waals surface area contributed by atoms with E-state index in [1.807, 2.05) is 49.4 Å². The Hall–Kier alpha value is -4.65. The maximum absolute atomic E-state index is 13.4. The van der Waals surface area contributed by atoms with Gasteiger partial charge in [0, 0.05) is 21.0 Å². The van der Waals surface area contributed by atoms with E-state index in [2.05, 4.69) is 28.9 Å². The lowest BCUT2D eigenvalue weighted by Crippen LogP contribution is -2.30. The molecule has 3 aromatic carbocycles. The molecule has 3 N–H and O–H groups in total. The Morgan fingerprint density at radius 1 is 1.00 bits per heavy atom. The van der Waals surface area contributed by atoms with E-state index in [1.54, 1.807) is 48.5 Å². The van der Waals surface area contributed by atoms with E-state index in [1.165, 1.54) is 28.0 Å². The Morgan fingerprint density at radius 3 is 2.45 bits per heavy atom. The summed E-state index contributed by atoms with van der Waals surface area (Å²) in [5.74, 6) is -0.494. The van der Waals surface area contributed by atoms with Gasteiger partial charge in [-0.2, -0.15) is 5.26 Å². The van der Waals surface area contributed by atoms with Crippen molar-refractivity contribution in [2.24, 2.45) is 5.92 Å². The van der Waals surface area contributed by atoms with Crippen LogP contribution in [0.15, 0.2) is 95.5 Å². The molecule has 0 saturated carbocycles. The molecular formula is C35H32N4O3S2. The normalized spacial score (nSPS) is 14.9. The molecule has 1 aromatic heterocycles. The van der Waals surface area contributed by atoms with Gasteiger partial charge in [-0.3, -0.25) is 14.4 Å². The first kappa shape index (κ1) is 30.8. The molecule has 4 aromatic rings. The van der Waals surface area contributed by atoms with E-state index < -0.39 is 17.1 Å². The summed E-state index contributed by atoms with van der Waals surface area (Å²) < 4.78 is 0. The second-order valence-corrected chi connectivity index (χ2v) is 13.2. The van der Waals surface area contributed by atoms with E-state index in [-0.39, 0.29) is 11.6 Å². The third-order valence-corrected chi connectivity index (χ3v) is 9.54. The van der Waals surface area contributed by atoms with Crippen LogP contribution in [0.3, 0.4) is 0 Å². The maximum atomic E-state index is 13.4. The summed E-state index contributed by atoms with van der Waals surface area (Å²) in [7, 11) is 0. The lowest BCUT2D eigenvalue weighted by atomic mass is 9.89. The minimum atomic E-state index is -0.480. The van der Waals surface area contributed by atoms with E-state index >= 15 is 0 Å². The number of anilines is 2. The SMILES string of the molecule is CC1CCc2c(sc(NC(=O)C(C)Sc3cccc(NC(=O)/C(=C/c4ccccc4)NC(=O)c4ccccc4)c3)c2C#N)C1. The Morgan fingerprint density at radius 2 is 1.73 bits per heavy atom. The number of fused-ring (bicyclic) bond motifs is 1. The van der Waals surface area contributed by atoms with Crippen molar-refractivity contribution in [2.75, 3.05) is 10.6 Å². The standard InChI is InChI=1S/C35H32N4O3S2/c1-22-16-17-28-29(21-36)35(44-31(28)18-22)39-32(40)23(2)43-27-15-9-14-26(20-27)37-34(42)30(19-24-10-5-3-6-11-24)38-33(41)25-12-7-4-8-13-25/h3-15,19-20,22-23H,16-18H2,1-2H3,(H,37,42)(H,38,41)(H,39,40)/b30-19-. The molecule has 1 aliphatic rings. The van der Waals surface area contributed by atoms with Crippen molar-refractivity contribution >= 4 is 57.6 Å². The van der Waals surface area contributed by atoms with E-state index in [0.29, 0.717) is 27.7 Å². The first-order valence-corrected chi connectivity index (χ1v) is 16.1. The van der Waals surface area contributed by atoms with Crippen molar-refractivity contribution in [2.45, 2.75) is 43.3 Å². The van der Waals surface area contributed by atoms with E-state index in [4.69, 9.17) is 0 Å². The highest BCUT2D eigenvalue weighted by Crippen LogP contribution is 2.39. The summed E-state index contributed by atoms with van der Waals surface area (Å²) in [6.07, 6.45) is 4.48. The molecule has 2 unspecified atom stereocenters. The Kier molecular flexibility index (Phi) is 9.95. The number of nitriles is 1. The largest absolute Gasteiger partial charge is 0.321 e. The highest BCUT2D eigenvalue weighted by Gasteiger charge is 2.26. The van der Waals surface area contributed by atoms with Gasteiger partial charge in [0.05, 0.1) is 10.8 Å². The summed E-state index contributed by atoms with van der Waals surface area (Å²) in [4.78, 5) is 41.4. The van der Waals surface area contributed by atoms with E-state index in [0.717, 1.165) is 35.3 Å². The minimum absolute atomic E-state index is 0.0946. The number of thioether (sulfide) groups is 1. The number of amides is 3. The fourth-order valence-corrected chi connectivity index (χ4v) is 7.22. The highest BCUT2D eigenvalue weighted by molar-refractivity contribution is 8.00. The molecule has 0 saturated heterocycles. The summed E-state index contributed by atoms with van der Waals surface area (Å²) in [5, 5.41) is 18.6. The molecule has 222 valence electrons. The highest BCUT2D eigenvalue weighted by atomic mass is 32.2. The van der Waals surface area contributed by atoms with Gasteiger partial charge >= 0.3 is 0 Å². The Labute approximate surface area is 265 Å². The van der Waals surface area contributed by atoms with E-state index in [9.17, 15) is 19.6 Å². The second-order valence-electron chi connectivity index (χ2n) is 10.7. The van der Waals surface area contributed by atoms with Crippen LogP contribution in [0, 0.1) is 17.2 Å². The topological polar surface area (TPSA) is 111 Å². The molecular weight excluding hydrogens is 589 g/mol. The van der Waals surface area contributed by atoms with Crippen molar-refractivity contribution in [1.82, 2.24) is 5.32 Å². The zero-order valence-electron chi connectivity index (χ0n) is 24.4. The molecule has 0 radical (unpaired) electrons. The zero-order chi connectivity index (χ0) is 31.1. The van der Waals surface area contributed by atoms with Crippen molar-refractivity contribution in [3.8, 4) is 6.07 Å². The molecule has 1 heterocycles. The van der Waals surface area contributed by atoms with Crippen LogP contribution in [0.25, 0.3) is 6.08 Å². The van der Waals surface area contributed by atoms with Crippen LogP contribution in [0.1, 0.15) is 52.2 Å². The molecule has 44 heavy (non-hydrogen) atoms. The summed E-state index contributed by atoms with van der Waals surface area (Å²) in [6, 6.07) is 27.5. The lowest BCUT2D eigenvalue weighted by Gasteiger charge is -2.17. The van der Waals surface area contributed by atoms with Crippen molar-refractivity contribution in [3.05, 3.63) is 118 Å². The van der Waals surface area contributed by atoms with Gasteiger partial charge in [0.2, 0.25) is 5.91 Å². The minimum Gasteiger partial charge on any atom is -0.321 e. The predicted molar refractivity (Wildman–Crippen MR) is 178 cm³/mol. The van der Waals surface area contributed by atoms with Crippen molar-refractivity contribution in [3.63, 3.8) is 0 Å². The molecule has 2 atom stereocenters. The molecule has 0 bridgehead atoms. The maximum Gasteiger partial charge on any atom is 0.272 e. The smallest absolute Gasteiger partial charge is 0.272 e. The van der Waals surface area contributed by atoms with Gasteiger partial charge in [0.15, 0.2) is 0 Å². The summed E-state index contributed by atoms with van der Waals surface area (Å²) in [6.45, 7) is 4.02. The number of carbonyl (C=O) groups excluding carboxylic acids is 3. The number of carbonyl (C=O) groups is 3. The van der Waals surface area contributed by atoms with Crippen LogP contribution >= 0.6 is 23.1 Å². The Balaban J connectivity index is 1.27. The Bertz CT molecular complexity index is 1740. The van der Waals surface area contributed by atoms with Crippen LogP contribution in [-0.4, -0.2) is 23.0 Å². The molecule has 0 spiro atoms. The lowest BCUT2D eigenvalue weighted by molar-refractivity contribution is -0.115. The van der Waals surface area contributed by atoms with Gasteiger partial charge in [-0.05, 0) is 79.6 Å². The van der Waals surface area contributed by atoms with Crippen LogP contribution in [0.5, 0.6) is 0 Å². The molecule has 1 aliphatic carbocycles. The monoisotopic (exact) mass is 620 g/mol. The predicted octanol–water partition coefficient (Wildman–Crippen LogP) is 7.27.